The predicted molar refractivity (Wildman–Crippen MR) is 81.2 cm³/mol. The number of nitrogens with one attached hydrogen (secondary N) is 1. The van der Waals surface area contributed by atoms with E-state index < -0.39 is 0 Å². The van der Waals surface area contributed by atoms with Crippen LogP contribution >= 0.6 is 27.5 Å². The molecular formula is C15H11BrClNO. The van der Waals surface area contributed by atoms with Gasteiger partial charge in [-0.1, -0.05) is 27.5 Å². The molecule has 0 saturated heterocycles. The molecule has 0 bridgehead atoms. The number of anilines is 1. The monoisotopic (exact) mass is 335 g/mol. The standard InChI is InChI=1S/C15H11BrClNO/c16-11-7-10-5-6-18-14(10)13(8-11)15(19)9-1-3-12(17)4-2-9/h1-4,7-8,18H,5-6H2. The van der Waals surface area contributed by atoms with Crippen LogP contribution in [-0.4, -0.2) is 12.3 Å². The number of ketones is 1. The summed E-state index contributed by atoms with van der Waals surface area (Å²) >= 11 is 9.32. The lowest BCUT2D eigenvalue weighted by molar-refractivity contribution is 0.103. The van der Waals surface area contributed by atoms with Crippen LogP contribution in [0.25, 0.3) is 0 Å². The van der Waals surface area contributed by atoms with Crippen molar-refractivity contribution in [2.75, 3.05) is 11.9 Å². The summed E-state index contributed by atoms with van der Waals surface area (Å²) in [5.74, 6) is 0.0172. The lowest BCUT2D eigenvalue weighted by Crippen LogP contribution is -2.05. The molecule has 19 heavy (non-hydrogen) atoms. The highest BCUT2D eigenvalue weighted by Crippen LogP contribution is 2.32. The van der Waals surface area contributed by atoms with Crippen molar-refractivity contribution in [2.45, 2.75) is 6.42 Å². The summed E-state index contributed by atoms with van der Waals surface area (Å²) in [4.78, 5) is 12.6. The zero-order valence-corrected chi connectivity index (χ0v) is 12.4. The van der Waals surface area contributed by atoms with Gasteiger partial charge in [0.05, 0.1) is 0 Å². The second-order valence-electron chi connectivity index (χ2n) is 4.50. The summed E-state index contributed by atoms with van der Waals surface area (Å²) in [6.45, 7) is 0.882. The molecule has 0 amide bonds. The first-order valence-corrected chi connectivity index (χ1v) is 7.19. The lowest BCUT2D eigenvalue weighted by atomic mass is 9.99. The maximum absolute atomic E-state index is 12.6. The summed E-state index contributed by atoms with van der Waals surface area (Å²) in [6, 6.07) is 10.9. The second-order valence-corrected chi connectivity index (χ2v) is 5.85. The van der Waals surface area contributed by atoms with Crippen molar-refractivity contribution in [3.05, 3.63) is 62.6 Å². The van der Waals surface area contributed by atoms with E-state index in [1.165, 1.54) is 5.56 Å². The van der Waals surface area contributed by atoms with Crippen LogP contribution in [0, 0.1) is 0 Å². The van der Waals surface area contributed by atoms with Gasteiger partial charge >= 0.3 is 0 Å². The fraction of sp³-hybridized carbons (Fsp3) is 0.133. The molecule has 0 radical (unpaired) electrons. The molecule has 2 aromatic rings. The van der Waals surface area contributed by atoms with Crippen molar-refractivity contribution in [2.24, 2.45) is 0 Å². The van der Waals surface area contributed by atoms with Crippen molar-refractivity contribution in [1.29, 1.82) is 0 Å². The van der Waals surface area contributed by atoms with Gasteiger partial charge in [-0.05, 0) is 48.4 Å². The SMILES string of the molecule is O=C(c1ccc(Cl)cc1)c1cc(Br)cc2c1NCC2. The van der Waals surface area contributed by atoms with Crippen LogP contribution in [0.5, 0.6) is 0 Å². The van der Waals surface area contributed by atoms with Gasteiger partial charge in [0.25, 0.3) is 0 Å². The van der Waals surface area contributed by atoms with E-state index in [1.54, 1.807) is 24.3 Å². The molecule has 0 aromatic heterocycles. The molecule has 2 aromatic carbocycles. The third-order valence-corrected chi connectivity index (χ3v) is 3.94. The lowest BCUT2D eigenvalue weighted by Gasteiger charge is -2.09. The van der Waals surface area contributed by atoms with Crippen LogP contribution in [0.3, 0.4) is 0 Å². The first-order valence-electron chi connectivity index (χ1n) is 6.02. The fourth-order valence-electron chi connectivity index (χ4n) is 2.33. The first kappa shape index (κ1) is 12.7. The van der Waals surface area contributed by atoms with E-state index in [9.17, 15) is 4.79 Å². The molecule has 0 saturated carbocycles. The maximum Gasteiger partial charge on any atom is 0.195 e. The third kappa shape index (κ3) is 2.40. The number of hydrogen-bond donors (Lipinski definition) is 1. The predicted octanol–water partition coefficient (Wildman–Crippen LogP) is 4.30. The van der Waals surface area contributed by atoms with Gasteiger partial charge in [-0.25, -0.2) is 0 Å². The van der Waals surface area contributed by atoms with Crippen molar-refractivity contribution in [3.8, 4) is 0 Å². The minimum atomic E-state index is 0.0172. The quantitative estimate of drug-likeness (QED) is 0.828. The number of fused-ring (bicyclic) bond motifs is 1. The average molecular weight is 337 g/mol. The number of carbonyl (C=O) groups excluding carboxylic acids is 1. The number of benzene rings is 2. The highest BCUT2D eigenvalue weighted by molar-refractivity contribution is 9.10. The molecule has 0 unspecified atom stereocenters. The molecule has 0 spiro atoms. The van der Waals surface area contributed by atoms with E-state index in [-0.39, 0.29) is 5.78 Å². The van der Waals surface area contributed by atoms with Gasteiger partial charge in [0.15, 0.2) is 5.78 Å². The fourth-order valence-corrected chi connectivity index (χ4v) is 2.96. The highest BCUT2D eigenvalue weighted by Gasteiger charge is 2.20. The van der Waals surface area contributed by atoms with E-state index in [0.717, 1.165) is 23.1 Å². The Morgan fingerprint density at radius 1 is 1.21 bits per heavy atom. The van der Waals surface area contributed by atoms with Gasteiger partial charge in [-0.3, -0.25) is 4.79 Å². The molecule has 4 heteroatoms. The van der Waals surface area contributed by atoms with Crippen LogP contribution in [0.15, 0.2) is 40.9 Å². The first-order chi connectivity index (χ1) is 9.15. The van der Waals surface area contributed by atoms with Crippen LogP contribution in [0.1, 0.15) is 21.5 Å². The Morgan fingerprint density at radius 3 is 2.68 bits per heavy atom. The molecule has 0 atom stereocenters. The Balaban J connectivity index is 2.07. The van der Waals surface area contributed by atoms with Gasteiger partial charge < -0.3 is 5.32 Å². The minimum absolute atomic E-state index is 0.0172. The maximum atomic E-state index is 12.6. The zero-order valence-electron chi connectivity index (χ0n) is 10.0. The number of hydrogen-bond acceptors (Lipinski definition) is 2. The Hall–Kier alpha value is -1.32. The summed E-state index contributed by atoms with van der Waals surface area (Å²) in [5, 5.41) is 3.92. The van der Waals surface area contributed by atoms with Gasteiger partial charge in [0.1, 0.15) is 0 Å². The summed E-state index contributed by atoms with van der Waals surface area (Å²) in [7, 11) is 0. The molecule has 1 aliphatic rings. The Bertz CT molecular complexity index is 652. The summed E-state index contributed by atoms with van der Waals surface area (Å²) in [5.41, 5.74) is 3.51. The molecular weight excluding hydrogens is 326 g/mol. The number of carbonyl (C=O) groups is 1. The van der Waals surface area contributed by atoms with E-state index in [2.05, 4.69) is 27.3 Å². The third-order valence-electron chi connectivity index (χ3n) is 3.23. The van der Waals surface area contributed by atoms with Crippen molar-refractivity contribution < 1.29 is 4.79 Å². The number of halogens is 2. The van der Waals surface area contributed by atoms with Crippen LogP contribution in [-0.2, 0) is 6.42 Å². The summed E-state index contributed by atoms with van der Waals surface area (Å²) < 4.78 is 0.937. The largest absolute Gasteiger partial charge is 0.384 e. The van der Waals surface area contributed by atoms with Crippen LogP contribution < -0.4 is 5.32 Å². The molecule has 1 aliphatic heterocycles. The normalized spacial score (nSPS) is 12.9. The highest BCUT2D eigenvalue weighted by atomic mass is 79.9. The topological polar surface area (TPSA) is 29.1 Å². The Kier molecular flexibility index (Phi) is 3.33. The molecule has 0 fully saturated rings. The van der Waals surface area contributed by atoms with E-state index in [4.69, 9.17) is 11.6 Å². The smallest absolute Gasteiger partial charge is 0.195 e. The average Bonchev–Trinajstić information content (AvgIpc) is 2.85. The van der Waals surface area contributed by atoms with Gasteiger partial charge in [0, 0.05) is 32.9 Å². The molecule has 96 valence electrons. The van der Waals surface area contributed by atoms with Crippen molar-refractivity contribution >= 4 is 39.0 Å². The van der Waals surface area contributed by atoms with Crippen molar-refractivity contribution in [1.82, 2.24) is 0 Å². The molecule has 0 aliphatic carbocycles. The summed E-state index contributed by atoms with van der Waals surface area (Å²) in [6.07, 6.45) is 0.954. The van der Waals surface area contributed by atoms with Crippen molar-refractivity contribution in [3.63, 3.8) is 0 Å². The van der Waals surface area contributed by atoms with Crippen LogP contribution in [0.2, 0.25) is 5.02 Å². The Morgan fingerprint density at radius 2 is 1.95 bits per heavy atom. The zero-order chi connectivity index (χ0) is 13.4. The second kappa shape index (κ2) is 4.99. The van der Waals surface area contributed by atoms with Crippen LogP contribution in [0.4, 0.5) is 5.69 Å². The molecule has 1 heterocycles. The number of rotatable bonds is 2. The van der Waals surface area contributed by atoms with E-state index in [1.807, 2.05) is 6.07 Å². The van der Waals surface area contributed by atoms with E-state index in [0.29, 0.717) is 16.1 Å². The van der Waals surface area contributed by atoms with Gasteiger partial charge in [0.2, 0.25) is 0 Å². The van der Waals surface area contributed by atoms with Gasteiger partial charge in [-0.2, -0.15) is 0 Å². The molecule has 2 nitrogen and oxygen atoms in total. The van der Waals surface area contributed by atoms with E-state index >= 15 is 0 Å². The molecule has 1 N–H and O–H groups in total. The van der Waals surface area contributed by atoms with Gasteiger partial charge in [-0.15, -0.1) is 0 Å². The molecule has 3 rings (SSSR count). The Labute approximate surface area is 124 Å². The minimum Gasteiger partial charge on any atom is -0.384 e.